The van der Waals surface area contributed by atoms with Gasteiger partial charge < -0.3 is 8.85 Å². The van der Waals surface area contributed by atoms with Crippen molar-refractivity contribution in [3.8, 4) is 0 Å². The molecular weight excluding hydrogens is 320 g/mol. The van der Waals surface area contributed by atoms with Crippen molar-refractivity contribution in [3.05, 3.63) is 0 Å². The predicted molar refractivity (Wildman–Crippen MR) is 102 cm³/mol. The number of hydrogen-bond donors (Lipinski definition) is 0. The van der Waals surface area contributed by atoms with E-state index < -0.39 is 8.32 Å². The van der Waals surface area contributed by atoms with Gasteiger partial charge in [0.25, 0.3) is 14.3 Å². The zero-order valence-electron chi connectivity index (χ0n) is 16.4. The molecule has 0 bridgehead atoms. The average molecular weight is 359 g/mol. The molecule has 0 saturated carbocycles. The highest BCUT2D eigenvalue weighted by molar-refractivity contribution is 6.76. The van der Waals surface area contributed by atoms with Crippen molar-refractivity contribution >= 4 is 24.0 Å². The van der Waals surface area contributed by atoms with Gasteiger partial charge in [0.05, 0.1) is 5.92 Å². The standard InChI is InChI=1S/C18H38O3Si2/c1-8-10-12-23(16(5)6,13-11-9-2)21-18(19)17(7)14-22-20-15(3)4/h15-17H,8-14H2,1-7H3. The molecule has 0 rings (SSSR count). The van der Waals surface area contributed by atoms with Crippen LogP contribution in [0.2, 0.25) is 23.7 Å². The molecule has 23 heavy (non-hydrogen) atoms. The summed E-state index contributed by atoms with van der Waals surface area (Å²) in [5.41, 5.74) is 0.492. The van der Waals surface area contributed by atoms with Crippen LogP contribution in [0.5, 0.6) is 0 Å². The quantitative estimate of drug-likeness (QED) is 0.403. The minimum Gasteiger partial charge on any atom is -0.519 e. The van der Waals surface area contributed by atoms with Crippen LogP contribution >= 0.6 is 0 Å². The molecule has 0 amide bonds. The Bertz CT molecular complexity index is 311. The van der Waals surface area contributed by atoms with Gasteiger partial charge >= 0.3 is 0 Å². The summed E-state index contributed by atoms with van der Waals surface area (Å²) in [5, 5.41) is 0. The smallest absolute Gasteiger partial charge is 0.295 e. The molecule has 0 aromatic heterocycles. The lowest BCUT2D eigenvalue weighted by molar-refractivity contribution is -0.139. The summed E-state index contributed by atoms with van der Waals surface area (Å²) in [6, 6.07) is 3.01. The first-order valence-corrected chi connectivity index (χ1v) is 12.9. The number of carbonyl (C=O) groups excluding carboxylic acids is 1. The Balaban J connectivity index is 4.79. The lowest BCUT2D eigenvalue weighted by Crippen LogP contribution is -2.44. The van der Waals surface area contributed by atoms with Gasteiger partial charge in [-0.05, 0) is 37.5 Å². The van der Waals surface area contributed by atoms with Crippen LogP contribution < -0.4 is 0 Å². The lowest BCUT2D eigenvalue weighted by Gasteiger charge is -2.35. The molecule has 136 valence electrons. The van der Waals surface area contributed by atoms with Gasteiger partial charge in [0.1, 0.15) is 0 Å². The van der Waals surface area contributed by atoms with E-state index in [1.54, 1.807) is 0 Å². The molecule has 0 aromatic rings. The monoisotopic (exact) mass is 358 g/mol. The van der Waals surface area contributed by atoms with Crippen LogP contribution in [0.1, 0.15) is 74.1 Å². The third-order valence-corrected chi connectivity index (χ3v) is 10.9. The molecule has 0 aromatic carbocycles. The maximum Gasteiger partial charge on any atom is 0.295 e. The highest BCUT2D eigenvalue weighted by atomic mass is 28.4. The van der Waals surface area contributed by atoms with Gasteiger partial charge in [-0.3, -0.25) is 4.79 Å². The van der Waals surface area contributed by atoms with Crippen LogP contribution in [0.15, 0.2) is 0 Å². The SMILES string of the molecule is CCCC[Si](CCCC)(OC(=O)C(C)C[Si]OC(C)C)C(C)C. The molecule has 2 radical (unpaired) electrons. The molecule has 3 nitrogen and oxygen atoms in total. The van der Waals surface area contributed by atoms with Crippen molar-refractivity contribution in [2.45, 2.75) is 104 Å². The van der Waals surface area contributed by atoms with Crippen molar-refractivity contribution in [2.24, 2.45) is 5.92 Å². The summed E-state index contributed by atoms with van der Waals surface area (Å²) in [6.07, 6.45) is 4.92. The van der Waals surface area contributed by atoms with Crippen LogP contribution in [-0.4, -0.2) is 30.2 Å². The molecule has 0 aliphatic heterocycles. The summed E-state index contributed by atoms with van der Waals surface area (Å²) >= 11 is 0. The van der Waals surface area contributed by atoms with E-state index in [0.29, 0.717) is 15.3 Å². The molecular formula is C18H38O3Si2. The molecule has 0 N–H and O–H groups in total. The highest BCUT2D eigenvalue weighted by Crippen LogP contribution is 2.35. The van der Waals surface area contributed by atoms with Gasteiger partial charge in [-0.1, -0.05) is 60.3 Å². The van der Waals surface area contributed by atoms with E-state index in [2.05, 4.69) is 27.7 Å². The van der Waals surface area contributed by atoms with E-state index in [1.807, 2.05) is 20.8 Å². The first kappa shape index (κ1) is 22.9. The normalized spacial score (nSPS) is 13.6. The first-order valence-electron chi connectivity index (χ1n) is 9.40. The fraction of sp³-hybridized carbons (Fsp3) is 0.944. The second kappa shape index (κ2) is 12.3. The molecule has 1 atom stereocenters. The Morgan fingerprint density at radius 1 is 1.00 bits per heavy atom. The van der Waals surface area contributed by atoms with E-state index in [0.717, 1.165) is 18.1 Å². The first-order chi connectivity index (χ1) is 10.8. The molecule has 0 aliphatic carbocycles. The van der Waals surface area contributed by atoms with Crippen LogP contribution in [0, 0.1) is 5.92 Å². The molecule has 0 fully saturated rings. The average Bonchev–Trinajstić information content (AvgIpc) is 2.49. The number of rotatable bonds is 13. The fourth-order valence-corrected chi connectivity index (χ4v) is 7.79. The third kappa shape index (κ3) is 9.06. The Labute approximate surface area is 148 Å². The molecule has 0 saturated heterocycles. The van der Waals surface area contributed by atoms with Crippen LogP contribution in [-0.2, 0) is 13.6 Å². The highest BCUT2D eigenvalue weighted by Gasteiger charge is 2.41. The summed E-state index contributed by atoms with van der Waals surface area (Å²) in [4.78, 5) is 12.6. The van der Waals surface area contributed by atoms with Crippen molar-refractivity contribution in [1.82, 2.24) is 0 Å². The lowest BCUT2D eigenvalue weighted by atomic mass is 10.2. The minimum atomic E-state index is -1.99. The molecule has 1 unspecified atom stereocenters. The minimum absolute atomic E-state index is 0.0115. The van der Waals surface area contributed by atoms with Gasteiger partial charge in [-0.2, -0.15) is 0 Å². The fourth-order valence-electron chi connectivity index (χ4n) is 2.60. The maximum atomic E-state index is 12.6. The Morgan fingerprint density at radius 2 is 1.52 bits per heavy atom. The third-order valence-electron chi connectivity index (χ3n) is 4.37. The Kier molecular flexibility index (Phi) is 12.2. The van der Waals surface area contributed by atoms with Crippen molar-refractivity contribution in [3.63, 3.8) is 0 Å². The second-order valence-electron chi connectivity index (χ2n) is 7.26. The van der Waals surface area contributed by atoms with Crippen LogP contribution in [0.25, 0.3) is 0 Å². The van der Waals surface area contributed by atoms with Gasteiger partial charge in [0, 0.05) is 6.10 Å². The zero-order chi connectivity index (χ0) is 17.9. The number of carbonyl (C=O) groups is 1. The number of hydrogen-bond acceptors (Lipinski definition) is 3. The van der Waals surface area contributed by atoms with E-state index >= 15 is 0 Å². The van der Waals surface area contributed by atoms with E-state index in [-0.39, 0.29) is 18.0 Å². The zero-order valence-corrected chi connectivity index (χ0v) is 18.4. The topological polar surface area (TPSA) is 35.5 Å². The van der Waals surface area contributed by atoms with E-state index in [9.17, 15) is 4.79 Å². The largest absolute Gasteiger partial charge is 0.519 e. The molecule has 0 spiro atoms. The molecule has 5 heteroatoms. The predicted octanol–water partition coefficient (Wildman–Crippen LogP) is 5.58. The second-order valence-corrected chi connectivity index (χ2v) is 12.7. The summed E-state index contributed by atoms with van der Waals surface area (Å²) in [5.74, 6) is -0.0432. The summed E-state index contributed by atoms with van der Waals surface area (Å²) < 4.78 is 11.9. The van der Waals surface area contributed by atoms with Crippen LogP contribution in [0.4, 0.5) is 0 Å². The van der Waals surface area contributed by atoms with Crippen molar-refractivity contribution in [1.29, 1.82) is 0 Å². The van der Waals surface area contributed by atoms with Gasteiger partial charge in [0.15, 0.2) is 0 Å². The van der Waals surface area contributed by atoms with E-state index in [4.69, 9.17) is 8.85 Å². The summed E-state index contributed by atoms with van der Waals surface area (Å²) in [6.45, 7) is 15.0. The van der Waals surface area contributed by atoms with Crippen LogP contribution in [0.3, 0.4) is 0 Å². The van der Waals surface area contributed by atoms with E-state index in [1.165, 1.54) is 25.7 Å². The van der Waals surface area contributed by atoms with Gasteiger partial charge in [-0.25, -0.2) is 0 Å². The van der Waals surface area contributed by atoms with Crippen molar-refractivity contribution < 1.29 is 13.6 Å². The van der Waals surface area contributed by atoms with Crippen molar-refractivity contribution in [2.75, 3.05) is 0 Å². The Morgan fingerprint density at radius 3 is 1.91 bits per heavy atom. The summed E-state index contributed by atoms with van der Waals surface area (Å²) in [7, 11) is -1.61. The Hall–Kier alpha value is -0.136. The van der Waals surface area contributed by atoms with Gasteiger partial charge in [-0.15, -0.1) is 0 Å². The van der Waals surface area contributed by atoms with Gasteiger partial charge in [0.2, 0.25) is 9.76 Å². The number of unbranched alkanes of at least 4 members (excludes halogenated alkanes) is 2. The maximum absolute atomic E-state index is 12.6. The molecule has 0 aliphatic rings. The molecule has 0 heterocycles.